The minimum absolute atomic E-state index is 0.130. The second kappa shape index (κ2) is 5.11. The van der Waals surface area contributed by atoms with Crippen molar-refractivity contribution in [3.63, 3.8) is 0 Å². The molecule has 4 heteroatoms. The molecule has 3 aliphatic rings. The molecule has 2 N–H and O–H groups in total. The molecule has 4 nitrogen and oxygen atoms in total. The first-order valence-electron chi connectivity index (χ1n) is 8.02. The normalized spacial score (nSPS) is 31.1. The molecule has 3 unspecified atom stereocenters. The predicted molar refractivity (Wildman–Crippen MR) is 80.0 cm³/mol. The Hall–Kier alpha value is -1.39. The van der Waals surface area contributed by atoms with E-state index < -0.39 is 0 Å². The maximum Gasteiger partial charge on any atom is 0.253 e. The second-order valence-corrected chi connectivity index (χ2v) is 6.69. The van der Waals surface area contributed by atoms with Crippen molar-refractivity contribution in [3.8, 4) is 0 Å². The van der Waals surface area contributed by atoms with E-state index in [2.05, 4.69) is 11.4 Å². The molecule has 0 radical (unpaired) electrons. The van der Waals surface area contributed by atoms with E-state index in [-0.39, 0.29) is 12.0 Å². The molecule has 1 aliphatic carbocycles. The molecule has 0 aromatic heterocycles. The van der Waals surface area contributed by atoms with E-state index in [0.29, 0.717) is 11.8 Å². The average molecular weight is 286 g/mol. The van der Waals surface area contributed by atoms with Crippen LogP contribution >= 0.6 is 0 Å². The lowest BCUT2D eigenvalue weighted by atomic mass is 9.98. The summed E-state index contributed by atoms with van der Waals surface area (Å²) in [5, 5.41) is 13.3. The van der Waals surface area contributed by atoms with Crippen LogP contribution < -0.4 is 5.32 Å². The standard InChI is InChI=1S/C17H22N2O2/c20-16-4-3-13-9-19(10-15(13)16)17(21)12-2-1-11-5-6-18-8-14(11)7-12/h1-2,7,13,15-16,18,20H,3-6,8-10H2. The number of likely N-dealkylation sites (tertiary alicyclic amines) is 1. The highest BCUT2D eigenvalue weighted by Crippen LogP contribution is 2.38. The summed E-state index contributed by atoms with van der Waals surface area (Å²) in [5.74, 6) is 0.932. The fourth-order valence-electron chi connectivity index (χ4n) is 4.20. The van der Waals surface area contributed by atoms with Crippen molar-refractivity contribution in [2.45, 2.75) is 31.9 Å². The summed E-state index contributed by atoms with van der Waals surface area (Å²) in [5.41, 5.74) is 3.41. The zero-order valence-electron chi connectivity index (χ0n) is 12.2. The van der Waals surface area contributed by atoms with Gasteiger partial charge >= 0.3 is 0 Å². The number of rotatable bonds is 1. The van der Waals surface area contributed by atoms with E-state index in [0.717, 1.165) is 51.0 Å². The molecule has 1 saturated heterocycles. The first-order valence-corrected chi connectivity index (χ1v) is 8.02. The summed E-state index contributed by atoms with van der Waals surface area (Å²) in [6, 6.07) is 6.13. The Balaban J connectivity index is 1.53. The number of nitrogens with one attached hydrogen (secondary N) is 1. The minimum atomic E-state index is -0.208. The van der Waals surface area contributed by atoms with Crippen molar-refractivity contribution in [2.24, 2.45) is 11.8 Å². The van der Waals surface area contributed by atoms with Crippen LogP contribution in [0.2, 0.25) is 0 Å². The van der Waals surface area contributed by atoms with Gasteiger partial charge in [-0.05, 0) is 55.0 Å². The third-order valence-corrected chi connectivity index (χ3v) is 5.45. The van der Waals surface area contributed by atoms with Crippen LogP contribution in [0.4, 0.5) is 0 Å². The molecule has 1 saturated carbocycles. The first kappa shape index (κ1) is 13.3. The van der Waals surface area contributed by atoms with Crippen LogP contribution in [0, 0.1) is 11.8 Å². The Bertz CT molecular complexity index is 572. The minimum Gasteiger partial charge on any atom is -0.393 e. The third kappa shape index (κ3) is 2.27. The third-order valence-electron chi connectivity index (χ3n) is 5.45. The van der Waals surface area contributed by atoms with Crippen LogP contribution in [-0.2, 0) is 13.0 Å². The zero-order valence-corrected chi connectivity index (χ0v) is 12.2. The van der Waals surface area contributed by atoms with Crippen LogP contribution in [0.3, 0.4) is 0 Å². The number of amides is 1. The van der Waals surface area contributed by atoms with Gasteiger partial charge in [-0.15, -0.1) is 0 Å². The highest BCUT2D eigenvalue weighted by Gasteiger charge is 2.43. The lowest BCUT2D eigenvalue weighted by Crippen LogP contribution is -2.31. The van der Waals surface area contributed by atoms with Gasteiger partial charge in [0.2, 0.25) is 0 Å². The van der Waals surface area contributed by atoms with Gasteiger partial charge < -0.3 is 15.3 Å². The summed E-state index contributed by atoms with van der Waals surface area (Å²) in [6.07, 6.45) is 2.80. The first-order chi connectivity index (χ1) is 10.2. The Morgan fingerprint density at radius 1 is 1.24 bits per heavy atom. The number of nitrogens with zero attached hydrogens (tertiary/aromatic N) is 1. The van der Waals surface area contributed by atoms with Gasteiger partial charge in [-0.25, -0.2) is 0 Å². The Labute approximate surface area is 125 Å². The lowest BCUT2D eigenvalue weighted by molar-refractivity contribution is 0.0752. The van der Waals surface area contributed by atoms with Crippen molar-refractivity contribution in [1.82, 2.24) is 10.2 Å². The van der Waals surface area contributed by atoms with Gasteiger partial charge in [0.25, 0.3) is 5.91 Å². The molecule has 3 atom stereocenters. The SMILES string of the molecule is O=C(c1ccc2c(c1)CNCC2)N1CC2CCC(O)C2C1. The largest absolute Gasteiger partial charge is 0.393 e. The van der Waals surface area contributed by atoms with Gasteiger partial charge in [-0.3, -0.25) is 4.79 Å². The molecule has 1 aromatic carbocycles. The fraction of sp³-hybridized carbons (Fsp3) is 0.588. The van der Waals surface area contributed by atoms with Gasteiger partial charge in [-0.1, -0.05) is 6.07 Å². The van der Waals surface area contributed by atoms with Gasteiger partial charge in [0, 0.05) is 31.1 Å². The van der Waals surface area contributed by atoms with Crippen molar-refractivity contribution < 1.29 is 9.90 Å². The number of aliphatic hydroxyl groups excluding tert-OH is 1. The molecule has 1 aromatic rings. The van der Waals surface area contributed by atoms with Gasteiger partial charge in [0.1, 0.15) is 0 Å². The molecule has 0 spiro atoms. The quantitative estimate of drug-likeness (QED) is 0.815. The smallest absolute Gasteiger partial charge is 0.253 e. The number of hydrogen-bond acceptors (Lipinski definition) is 3. The van der Waals surface area contributed by atoms with Crippen molar-refractivity contribution in [3.05, 3.63) is 34.9 Å². The highest BCUT2D eigenvalue weighted by molar-refractivity contribution is 5.94. The Morgan fingerprint density at radius 2 is 2.14 bits per heavy atom. The predicted octanol–water partition coefficient (Wildman–Crippen LogP) is 1.18. The van der Waals surface area contributed by atoms with E-state index in [1.165, 1.54) is 11.1 Å². The highest BCUT2D eigenvalue weighted by atomic mass is 16.3. The lowest BCUT2D eigenvalue weighted by Gasteiger charge is -2.21. The molecular weight excluding hydrogens is 264 g/mol. The van der Waals surface area contributed by atoms with E-state index >= 15 is 0 Å². The average Bonchev–Trinajstić information content (AvgIpc) is 3.08. The van der Waals surface area contributed by atoms with Crippen LogP contribution in [0.5, 0.6) is 0 Å². The van der Waals surface area contributed by atoms with Gasteiger partial charge in [0.15, 0.2) is 0 Å². The molecule has 0 bridgehead atoms. The number of aliphatic hydroxyl groups is 1. The maximum absolute atomic E-state index is 12.7. The molecule has 4 rings (SSSR count). The molecule has 2 fully saturated rings. The van der Waals surface area contributed by atoms with E-state index in [4.69, 9.17) is 0 Å². The number of fused-ring (bicyclic) bond motifs is 2. The molecule has 21 heavy (non-hydrogen) atoms. The number of carbonyl (C=O) groups excluding carboxylic acids is 1. The van der Waals surface area contributed by atoms with Crippen molar-refractivity contribution in [2.75, 3.05) is 19.6 Å². The molecule has 2 aliphatic heterocycles. The molecule has 112 valence electrons. The van der Waals surface area contributed by atoms with Crippen LogP contribution in [-0.4, -0.2) is 41.7 Å². The molecule has 2 heterocycles. The van der Waals surface area contributed by atoms with E-state index in [9.17, 15) is 9.90 Å². The monoisotopic (exact) mass is 286 g/mol. The fourth-order valence-corrected chi connectivity index (χ4v) is 4.20. The van der Waals surface area contributed by atoms with E-state index in [1.807, 2.05) is 17.0 Å². The summed E-state index contributed by atoms with van der Waals surface area (Å²) in [7, 11) is 0. The maximum atomic E-state index is 12.7. The summed E-state index contributed by atoms with van der Waals surface area (Å²) >= 11 is 0. The zero-order chi connectivity index (χ0) is 14.4. The summed E-state index contributed by atoms with van der Waals surface area (Å²) in [4.78, 5) is 14.6. The van der Waals surface area contributed by atoms with Gasteiger partial charge in [-0.2, -0.15) is 0 Å². The Morgan fingerprint density at radius 3 is 3.00 bits per heavy atom. The van der Waals surface area contributed by atoms with Crippen molar-refractivity contribution >= 4 is 5.91 Å². The summed E-state index contributed by atoms with van der Waals surface area (Å²) in [6.45, 7) is 3.42. The summed E-state index contributed by atoms with van der Waals surface area (Å²) < 4.78 is 0. The second-order valence-electron chi connectivity index (χ2n) is 6.69. The Kier molecular flexibility index (Phi) is 3.23. The van der Waals surface area contributed by atoms with Gasteiger partial charge in [0.05, 0.1) is 6.10 Å². The van der Waals surface area contributed by atoms with Crippen molar-refractivity contribution in [1.29, 1.82) is 0 Å². The molecular formula is C17H22N2O2. The topological polar surface area (TPSA) is 52.6 Å². The number of hydrogen-bond donors (Lipinski definition) is 2. The molecule has 1 amide bonds. The van der Waals surface area contributed by atoms with Crippen LogP contribution in [0.1, 0.15) is 34.3 Å². The van der Waals surface area contributed by atoms with Crippen LogP contribution in [0.25, 0.3) is 0 Å². The number of carbonyl (C=O) groups is 1. The van der Waals surface area contributed by atoms with Crippen LogP contribution in [0.15, 0.2) is 18.2 Å². The van der Waals surface area contributed by atoms with E-state index in [1.54, 1.807) is 0 Å². The number of benzene rings is 1.